The molecule has 4 atom stereocenters. The lowest BCUT2D eigenvalue weighted by molar-refractivity contribution is -0.0126. The molecule has 3 fully saturated rings. The van der Waals surface area contributed by atoms with Gasteiger partial charge in [0.05, 0.1) is 17.8 Å². The van der Waals surface area contributed by atoms with Crippen molar-refractivity contribution in [3.05, 3.63) is 64.6 Å². The average Bonchev–Trinajstić information content (AvgIpc) is 3.48. The van der Waals surface area contributed by atoms with Crippen LogP contribution in [0.5, 0.6) is 0 Å². The van der Waals surface area contributed by atoms with Crippen LogP contribution in [0.15, 0.2) is 48.1 Å². The number of thiazole rings is 1. The highest BCUT2D eigenvalue weighted by Crippen LogP contribution is 2.46. The molecule has 1 saturated heterocycles. The molecule has 198 valence electrons. The van der Waals surface area contributed by atoms with Crippen LogP contribution in [0, 0.1) is 11.8 Å². The predicted molar refractivity (Wildman–Crippen MR) is 149 cm³/mol. The van der Waals surface area contributed by atoms with Gasteiger partial charge in [0.1, 0.15) is 16.8 Å². The average molecular weight is 550 g/mol. The molecule has 38 heavy (non-hydrogen) atoms. The molecule has 7 nitrogen and oxygen atoms in total. The first kappa shape index (κ1) is 24.7. The fraction of sp³-hybridized carbons (Fsp3) is 0.483. The number of likely N-dealkylation sites (tertiary alicyclic amines) is 1. The minimum atomic E-state index is -0.858. The largest absolute Gasteiger partial charge is 0.390 e. The highest BCUT2D eigenvalue weighted by molar-refractivity contribution is 7.13. The number of benzene rings is 1. The molecule has 4 heterocycles. The van der Waals surface area contributed by atoms with Crippen LogP contribution >= 0.6 is 22.9 Å². The molecule has 0 radical (unpaired) electrons. The molecule has 1 aromatic carbocycles. The summed E-state index contributed by atoms with van der Waals surface area (Å²) < 4.78 is 2.02. The van der Waals surface area contributed by atoms with Crippen LogP contribution in [-0.2, 0) is 6.42 Å². The normalized spacial score (nSPS) is 26.9. The molecule has 0 unspecified atom stereocenters. The number of fused-ring (bicyclic) bond motifs is 1. The molecule has 9 heteroatoms. The van der Waals surface area contributed by atoms with E-state index in [1.54, 1.807) is 17.5 Å². The first-order chi connectivity index (χ1) is 18.5. The standard InChI is InChI=1S/C29H32ClN5O2S/c30-29-31-14-22-23(28-32-19(16-38-28)12-17-4-2-1-3-5-17)15-35(27(22)33-29)24-13-21(25(36)26(24)37)18-8-10-34(11-9-18)20-6-7-20/h1-5,14-16,18,20-21,24-26,36-37H,6-13H2/t21-,24-,25-,26+/m1/s1. The summed E-state index contributed by atoms with van der Waals surface area (Å²) >= 11 is 7.84. The van der Waals surface area contributed by atoms with E-state index < -0.39 is 12.2 Å². The molecule has 4 aromatic rings. The third-order valence-electron chi connectivity index (χ3n) is 8.85. The van der Waals surface area contributed by atoms with Crippen molar-refractivity contribution >= 4 is 34.0 Å². The summed E-state index contributed by atoms with van der Waals surface area (Å²) in [6.45, 7) is 2.21. The SMILES string of the molecule is O[C@@H]1[C@H](O)[C@@H](C2CCN(C3CC3)CC2)C[C@H]1n1cc(-c2nc(Cc3ccccc3)cs2)c2cnc(Cl)nc21. The van der Waals surface area contributed by atoms with Gasteiger partial charge in [-0.05, 0) is 74.2 Å². The maximum atomic E-state index is 11.3. The zero-order valence-corrected chi connectivity index (χ0v) is 22.7. The van der Waals surface area contributed by atoms with Gasteiger partial charge in [-0.3, -0.25) is 0 Å². The lowest BCUT2D eigenvalue weighted by atomic mass is 9.82. The second-order valence-electron chi connectivity index (χ2n) is 11.2. The van der Waals surface area contributed by atoms with E-state index in [0.717, 1.165) is 66.5 Å². The predicted octanol–water partition coefficient (Wildman–Crippen LogP) is 4.96. The minimum absolute atomic E-state index is 0.0758. The lowest BCUT2D eigenvalue weighted by Crippen LogP contribution is -2.40. The Morgan fingerprint density at radius 2 is 1.79 bits per heavy atom. The van der Waals surface area contributed by atoms with Gasteiger partial charge in [-0.2, -0.15) is 4.98 Å². The molecule has 0 bridgehead atoms. The van der Waals surface area contributed by atoms with Gasteiger partial charge in [0.2, 0.25) is 5.28 Å². The molecule has 2 N–H and O–H groups in total. The molecule has 3 aliphatic rings. The van der Waals surface area contributed by atoms with Crippen LogP contribution < -0.4 is 0 Å². The van der Waals surface area contributed by atoms with Gasteiger partial charge in [0.15, 0.2) is 0 Å². The number of piperidine rings is 1. The van der Waals surface area contributed by atoms with Gasteiger partial charge in [-0.15, -0.1) is 11.3 Å². The third-order valence-corrected chi connectivity index (χ3v) is 9.96. The van der Waals surface area contributed by atoms with Crippen molar-refractivity contribution in [1.29, 1.82) is 0 Å². The van der Waals surface area contributed by atoms with E-state index >= 15 is 0 Å². The first-order valence-electron chi connectivity index (χ1n) is 13.7. The van der Waals surface area contributed by atoms with Gasteiger partial charge in [-0.1, -0.05) is 30.3 Å². The van der Waals surface area contributed by atoms with Crippen LogP contribution in [0.4, 0.5) is 0 Å². The van der Waals surface area contributed by atoms with Gasteiger partial charge < -0.3 is 19.7 Å². The number of halogens is 1. The van der Waals surface area contributed by atoms with E-state index in [0.29, 0.717) is 11.6 Å². The molecule has 1 aliphatic heterocycles. The molecule has 3 aromatic heterocycles. The van der Waals surface area contributed by atoms with Gasteiger partial charge in [0, 0.05) is 41.2 Å². The maximum absolute atomic E-state index is 11.3. The molecule has 2 aliphatic carbocycles. The van der Waals surface area contributed by atoms with E-state index in [4.69, 9.17) is 16.6 Å². The van der Waals surface area contributed by atoms with Gasteiger partial charge in [0.25, 0.3) is 0 Å². The number of aliphatic hydroxyl groups excluding tert-OH is 2. The van der Waals surface area contributed by atoms with Crippen molar-refractivity contribution in [3.63, 3.8) is 0 Å². The quantitative estimate of drug-likeness (QED) is 0.331. The van der Waals surface area contributed by atoms with Crippen molar-refractivity contribution in [2.24, 2.45) is 11.8 Å². The summed E-state index contributed by atoms with van der Waals surface area (Å²) in [4.78, 5) is 16.4. The summed E-state index contributed by atoms with van der Waals surface area (Å²) in [6, 6.07) is 10.8. The van der Waals surface area contributed by atoms with Crippen LogP contribution in [0.25, 0.3) is 21.6 Å². The van der Waals surface area contributed by atoms with Crippen LogP contribution in [0.2, 0.25) is 5.28 Å². The van der Waals surface area contributed by atoms with Crippen molar-refractivity contribution < 1.29 is 10.2 Å². The molecular weight excluding hydrogens is 518 g/mol. The van der Waals surface area contributed by atoms with Gasteiger partial charge >= 0.3 is 0 Å². The number of hydrogen-bond donors (Lipinski definition) is 2. The van der Waals surface area contributed by atoms with Crippen molar-refractivity contribution in [3.8, 4) is 10.6 Å². The Kier molecular flexibility index (Phi) is 6.48. The van der Waals surface area contributed by atoms with E-state index in [2.05, 4.69) is 32.4 Å². The highest BCUT2D eigenvalue weighted by atomic mass is 35.5. The number of rotatable bonds is 6. The number of nitrogens with zero attached hydrogens (tertiary/aromatic N) is 5. The maximum Gasteiger partial charge on any atom is 0.224 e. The Morgan fingerprint density at radius 1 is 1.00 bits per heavy atom. The van der Waals surface area contributed by atoms with Crippen LogP contribution in [-0.4, -0.2) is 66.0 Å². The fourth-order valence-electron chi connectivity index (χ4n) is 6.69. The van der Waals surface area contributed by atoms with Crippen molar-refractivity contribution in [2.75, 3.05) is 13.1 Å². The Bertz CT molecular complexity index is 1430. The van der Waals surface area contributed by atoms with E-state index in [9.17, 15) is 10.2 Å². The van der Waals surface area contributed by atoms with Crippen LogP contribution in [0.1, 0.15) is 49.4 Å². The Hall–Kier alpha value is -2.36. The third kappa shape index (κ3) is 4.56. The summed E-state index contributed by atoms with van der Waals surface area (Å²) in [7, 11) is 0. The van der Waals surface area contributed by atoms with Crippen molar-refractivity contribution in [2.45, 2.75) is 62.8 Å². The lowest BCUT2D eigenvalue weighted by Gasteiger charge is -2.36. The Labute approximate surface area is 231 Å². The second-order valence-corrected chi connectivity index (χ2v) is 12.4. The zero-order chi connectivity index (χ0) is 25.8. The molecule has 0 spiro atoms. The van der Waals surface area contributed by atoms with Gasteiger partial charge in [-0.25, -0.2) is 9.97 Å². The smallest absolute Gasteiger partial charge is 0.224 e. The van der Waals surface area contributed by atoms with E-state index in [1.807, 2.05) is 29.0 Å². The highest BCUT2D eigenvalue weighted by Gasteiger charge is 2.47. The minimum Gasteiger partial charge on any atom is -0.390 e. The van der Waals surface area contributed by atoms with Crippen LogP contribution in [0.3, 0.4) is 0 Å². The molecule has 7 rings (SSSR count). The number of aromatic nitrogens is 4. The first-order valence-corrected chi connectivity index (χ1v) is 14.9. The van der Waals surface area contributed by atoms with E-state index in [-0.39, 0.29) is 17.2 Å². The number of aliphatic hydroxyl groups is 2. The second kappa shape index (κ2) is 9.99. The molecular formula is C29H32ClN5O2S. The monoisotopic (exact) mass is 549 g/mol. The topological polar surface area (TPSA) is 87.3 Å². The Balaban J connectivity index is 1.17. The van der Waals surface area contributed by atoms with Crippen molar-refractivity contribution in [1.82, 2.24) is 24.4 Å². The summed E-state index contributed by atoms with van der Waals surface area (Å²) in [5.41, 5.74) is 3.85. The van der Waals surface area contributed by atoms with E-state index in [1.165, 1.54) is 18.4 Å². The molecule has 0 amide bonds. The Morgan fingerprint density at radius 3 is 2.55 bits per heavy atom. The fourth-order valence-corrected chi connectivity index (χ4v) is 7.66. The summed E-state index contributed by atoms with van der Waals surface area (Å²) in [6.07, 6.45) is 8.51. The summed E-state index contributed by atoms with van der Waals surface area (Å²) in [5, 5.41) is 26.5. The molecule has 2 saturated carbocycles. The zero-order valence-electron chi connectivity index (χ0n) is 21.2. The summed E-state index contributed by atoms with van der Waals surface area (Å²) in [5.74, 6) is 0.505. The number of hydrogen-bond acceptors (Lipinski definition) is 7.